The van der Waals surface area contributed by atoms with Crippen molar-refractivity contribution in [2.24, 2.45) is 11.8 Å². The molecule has 1 N–H and O–H groups in total. The van der Waals surface area contributed by atoms with E-state index in [1.165, 1.54) is 50.6 Å². The Balaban J connectivity index is 1.74. The van der Waals surface area contributed by atoms with Crippen molar-refractivity contribution in [1.82, 2.24) is 10.2 Å². The molecule has 2 atom stereocenters. The van der Waals surface area contributed by atoms with Crippen LogP contribution in [0.5, 0.6) is 0 Å². The van der Waals surface area contributed by atoms with E-state index in [9.17, 15) is 9.59 Å². The summed E-state index contributed by atoms with van der Waals surface area (Å²) in [5, 5.41) is 3.18. The fourth-order valence-corrected chi connectivity index (χ4v) is 5.23. The molecule has 4 nitrogen and oxygen atoms in total. The number of nitrogens with one attached hydrogen (secondary N) is 1. The normalized spacial score (nSPS) is 23.5. The van der Waals surface area contributed by atoms with Crippen LogP contribution in [0.3, 0.4) is 0 Å². The van der Waals surface area contributed by atoms with Gasteiger partial charge in [0.15, 0.2) is 0 Å². The minimum absolute atomic E-state index is 0.0563. The lowest BCUT2D eigenvalue weighted by Crippen LogP contribution is -2.48. The highest BCUT2D eigenvalue weighted by atomic mass is 16.2. The highest BCUT2D eigenvalue weighted by Gasteiger charge is 2.34. The van der Waals surface area contributed by atoms with E-state index in [4.69, 9.17) is 0 Å². The van der Waals surface area contributed by atoms with Gasteiger partial charge in [0.05, 0.1) is 0 Å². The molecule has 0 saturated heterocycles. The number of nitrogens with zero attached hydrogens (tertiary/aromatic N) is 1. The van der Waals surface area contributed by atoms with Crippen LogP contribution in [0.2, 0.25) is 0 Å². The van der Waals surface area contributed by atoms with Crippen LogP contribution < -0.4 is 5.32 Å². The van der Waals surface area contributed by atoms with Crippen molar-refractivity contribution in [3.8, 4) is 0 Å². The number of amides is 1. The van der Waals surface area contributed by atoms with E-state index >= 15 is 0 Å². The van der Waals surface area contributed by atoms with Gasteiger partial charge in [0.1, 0.15) is 6.29 Å². The molecule has 0 spiro atoms. The molecule has 0 unspecified atom stereocenters. The largest absolute Gasteiger partial charge is 0.375 e. The first kappa shape index (κ1) is 21.1. The highest BCUT2D eigenvalue weighted by molar-refractivity contribution is 5.97. The van der Waals surface area contributed by atoms with E-state index in [1.807, 2.05) is 6.92 Å². The second kappa shape index (κ2) is 9.76. The van der Waals surface area contributed by atoms with Crippen molar-refractivity contribution in [2.75, 3.05) is 7.05 Å². The topological polar surface area (TPSA) is 49.4 Å². The van der Waals surface area contributed by atoms with Crippen molar-refractivity contribution in [3.63, 3.8) is 0 Å². The number of hydrogen-bond acceptors (Lipinski definition) is 3. The van der Waals surface area contributed by atoms with Gasteiger partial charge in [-0.1, -0.05) is 39.2 Å². The maximum Gasteiger partial charge on any atom is 0.251 e. The van der Waals surface area contributed by atoms with Crippen molar-refractivity contribution < 1.29 is 9.59 Å². The lowest BCUT2D eigenvalue weighted by molar-refractivity contribution is -0.120. The number of hydrogen-bond donors (Lipinski definition) is 1. The Morgan fingerprint density at radius 3 is 2.36 bits per heavy atom. The van der Waals surface area contributed by atoms with Crippen LogP contribution in [0.15, 0.2) is 23.4 Å². The molecule has 0 aromatic carbocycles. The third-order valence-electron chi connectivity index (χ3n) is 7.36. The predicted octanol–water partition coefficient (Wildman–Crippen LogP) is 4.76. The number of rotatable bonds is 8. The van der Waals surface area contributed by atoms with Gasteiger partial charge in [-0.25, -0.2) is 0 Å². The average molecular weight is 387 g/mol. The molecule has 0 radical (unpaired) electrons. The zero-order valence-corrected chi connectivity index (χ0v) is 17.8. The molecular weight excluding hydrogens is 348 g/mol. The highest BCUT2D eigenvalue weighted by Crippen LogP contribution is 2.36. The molecule has 0 bridgehead atoms. The molecule has 3 aliphatic rings. The molecule has 3 aliphatic carbocycles. The number of carbonyl (C=O) groups is 2. The first-order chi connectivity index (χ1) is 13.5. The van der Waals surface area contributed by atoms with Gasteiger partial charge in [-0.2, -0.15) is 0 Å². The van der Waals surface area contributed by atoms with Gasteiger partial charge >= 0.3 is 0 Å². The van der Waals surface area contributed by atoms with E-state index < -0.39 is 0 Å². The number of aldehydes is 1. The van der Waals surface area contributed by atoms with E-state index in [2.05, 4.69) is 23.8 Å². The molecular formula is C24H38N2O2. The zero-order chi connectivity index (χ0) is 20.1. The first-order valence-electron chi connectivity index (χ1n) is 11.4. The van der Waals surface area contributed by atoms with Crippen molar-refractivity contribution in [3.05, 3.63) is 23.4 Å². The molecule has 0 aliphatic heterocycles. The standard InChI is InChI=1S/C24H38N2O2/c1-17(16-27)23(19-10-9-11-19)25-24(28)18(2)21-14-7-8-15-22(21)26(3)20-12-5-4-6-13-20/h16-17,19-20,23H,2,4-15H2,1,3H3,(H,25,28)/t17-,23+/m0/s1. The third kappa shape index (κ3) is 4.69. The number of carbonyl (C=O) groups excluding carboxylic acids is 2. The fraction of sp³-hybridized carbons (Fsp3) is 0.750. The maximum absolute atomic E-state index is 13.1. The summed E-state index contributed by atoms with van der Waals surface area (Å²) in [5.74, 6) is 0.213. The molecule has 0 aromatic rings. The minimum Gasteiger partial charge on any atom is -0.375 e. The molecule has 156 valence electrons. The molecule has 1 amide bonds. The Morgan fingerprint density at radius 2 is 1.75 bits per heavy atom. The first-order valence-corrected chi connectivity index (χ1v) is 11.4. The lowest BCUT2D eigenvalue weighted by atomic mass is 9.75. The van der Waals surface area contributed by atoms with Crippen LogP contribution >= 0.6 is 0 Å². The molecule has 0 aromatic heterocycles. The van der Waals surface area contributed by atoms with Gasteiger partial charge in [0.25, 0.3) is 5.91 Å². The van der Waals surface area contributed by atoms with Gasteiger partial charge in [0.2, 0.25) is 0 Å². The van der Waals surface area contributed by atoms with Crippen LogP contribution in [-0.2, 0) is 9.59 Å². The second-order valence-electron chi connectivity index (χ2n) is 9.20. The van der Waals surface area contributed by atoms with Crippen molar-refractivity contribution in [2.45, 2.75) is 96.1 Å². The van der Waals surface area contributed by atoms with Gasteiger partial charge in [-0.05, 0) is 62.9 Å². The van der Waals surface area contributed by atoms with E-state index in [0.717, 1.165) is 44.0 Å². The SMILES string of the molecule is C=C(C(=O)N[C@@H](C1CCC1)[C@@H](C)C=O)C1=C(N(C)C2CCCCC2)CCCC1. The molecule has 4 heteroatoms. The summed E-state index contributed by atoms with van der Waals surface area (Å²) in [4.78, 5) is 26.9. The summed E-state index contributed by atoms with van der Waals surface area (Å²) in [7, 11) is 2.22. The summed E-state index contributed by atoms with van der Waals surface area (Å²) < 4.78 is 0. The van der Waals surface area contributed by atoms with Crippen LogP contribution in [0.25, 0.3) is 0 Å². The molecule has 28 heavy (non-hydrogen) atoms. The Bertz CT molecular complexity index is 614. The zero-order valence-electron chi connectivity index (χ0n) is 17.8. The smallest absolute Gasteiger partial charge is 0.251 e. The van der Waals surface area contributed by atoms with Gasteiger partial charge in [0, 0.05) is 36.3 Å². The van der Waals surface area contributed by atoms with Crippen LogP contribution in [0.1, 0.15) is 84.0 Å². The van der Waals surface area contributed by atoms with Crippen LogP contribution in [0.4, 0.5) is 0 Å². The van der Waals surface area contributed by atoms with Gasteiger partial charge in [-0.3, -0.25) is 4.79 Å². The van der Waals surface area contributed by atoms with E-state index in [-0.39, 0.29) is 17.9 Å². The monoisotopic (exact) mass is 386 g/mol. The summed E-state index contributed by atoms with van der Waals surface area (Å²) in [5.41, 5.74) is 3.12. The lowest BCUT2D eigenvalue weighted by Gasteiger charge is -2.39. The third-order valence-corrected chi connectivity index (χ3v) is 7.36. The molecule has 0 heterocycles. The van der Waals surface area contributed by atoms with E-state index in [0.29, 0.717) is 17.5 Å². The molecule has 2 fully saturated rings. The summed E-state index contributed by atoms with van der Waals surface area (Å²) in [6.45, 7) is 6.13. The second-order valence-corrected chi connectivity index (χ2v) is 9.20. The van der Waals surface area contributed by atoms with Crippen LogP contribution in [0, 0.1) is 11.8 Å². The average Bonchev–Trinajstić information content (AvgIpc) is 2.70. The van der Waals surface area contributed by atoms with Gasteiger partial charge in [-0.15, -0.1) is 0 Å². The summed E-state index contributed by atoms with van der Waals surface area (Å²) in [6, 6.07) is 0.546. The van der Waals surface area contributed by atoms with Gasteiger partial charge < -0.3 is 15.0 Å². The molecule has 3 rings (SSSR count). The Hall–Kier alpha value is -1.58. The van der Waals surface area contributed by atoms with E-state index in [1.54, 1.807) is 0 Å². The van der Waals surface area contributed by atoms with Crippen molar-refractivity contribution >= 4 is 12.2 Å². The predicted molar refractivity (Wildman–Crippen MR) is 114 cm³/mol. The summed E-state index contributed by atoms with van der Waals surface area (Å²) in [6.07, 6.45) is 15.2. The Morgan fingerprint density at radius 1 is 1.07 bits per heavy atom. The Kier molecular flexibility index (Phi) is 7.36. The van der Waals surface area contributed by atoms with Crippen molar-refractivity contribution in [1.29, 1.82) is 0 Å². The quantitative estimate of drug-likeness (QED) is 0.483. The fourth-order valence-electron chi connectivity index (χ4n) is 5.23. The number of allylic oxidation sites excluding steroid dienone is 1. The maximum atomic E-state index is 13.1. The van der Waals surface area contributed by atoms with Crippen LogP contribution in [-0.4, -0.2) is 36.2 Å². The minimum atomic E-state index is -0.147. The molecule has 2 saturated carbocycles. The summed E-state index contributed by atoms with van der Waals surface area (Å²) >= 11 is 0. The Labute approximate surface area is 170 Å².